The number of nitrogens with zero attached hydrogens (tertiary/aromatic N) is 1. The van der Waals surface area contributed by atoms with E-state index in [1.807, 2.05) is 6.07 Å². The summed E-state index contributed by atoms with van der Waals surface area (Å²) >= 11 is 0. The zero-order valence-electron chi connectivity index (χ0n) is 23.2. The van der Waals surface area contributed by atoms with Crippen LogP contribution in [0.1, 0.15) is 63.9 Å². The molecule has 7 nitrogen and oxygen atoms in total. The molecule has 9 heteroatoms. The maximum absolute atomic E-state index is 11.9. The van der Waals surface area contributed by atoms with Crippen LogP contribution in [0.15, 0.2) is 23.4 Å². The van der Waals surface area contributed by atoms with E-state index >= 15 is 0 Å². The second kappa shape index (κ2) is 9.32. The molecule has 0 amide bonds. The lowest BCUT2D eigenvalue weighted by Gasteiger charge is -2.40. The van der Waals surface area contributed by atoms with Crippen LogP contribution in [0.3, 0.4) is 0 Å². The molecular formula is C26H43NO6Si2. The number of hydrogen-bond donors (Lipinski definition) is 1. The highest BCUT2D eigenvalue weighted by Crippen LogP contribution is 2.47. The van der Waals surface area contributed by atoms with E-state index in [1.165, 1.54) is 7.11 Å². The fourth-order valence-electron chi connectivity index (χ4n) is 4.22. The van der Waals surface area contributed by atoms with E-state index in [2.05, 4.69) is 72.9 Å². The molecule has 196 valence electrons. The van der Waals surface area contributed by atoms with E-state index in [4.69, 9.17) is 18.4 Å². The van der Waals surface area contributed by atoms with Gasteiger partial charge in [-0.05, 0) is 54.5 Å². The summed E-state index contributed by atoms with van der Waals surface area (Å²) in [5.74, 6) is -0.856. The second-order valence-corrected chi connectivity index (χ2v) is 22.4. The predicted octanol–water partition coefficient (Wildman–Crippen LogP) is 6.30. The Balaban J connectivity index is 2.00. The Morgan fingerprint density at radius 1 is 1.00 bits per heavy atom. The minimum Gasteiger partial charge on any atom is -0.496 e. The molecule has 1 aromatic rings. The number of hydrogen-bond acceptors (Lipinski definition) is 6. The Morgan fingerprint density at radius 3 is 2.03 bits per heavy atom. The lowest BCUT2D eigenvalue weighted by Crippen LogP contribution is -2.46. The Labute approximate surface area is 212 Å². The molecule has 1 saturated carbocycles. The smallest absolute Gasteiger partial charge is 0.339 e. The first-order valence-electron chi connectivity index (χ1n) is 12.4. The van der Waals surface area contributed by atoms with Gasteiger partial charge < -0.3 is 23.5 Å². The van der Waals surface area contributed by atoms with E-state index in [0.29, 0.717) is 11.3 Å². The molecule has 1 heterocycles. The van der Waals surface area contributed by atoms with Crippen LogP contribution >= 0.6 is 0 Å². The lowest BCUT2D eigenvalue weighted by atomic mass is 9.91. The van der Waals surface area contributed by atoms with Crippen molar-refractivity contribution in [1.82, 2.24) is 0 Å². The summed E-state index contributed by atoms with van der Waals surface area (Å²) < 4.78 is 19.1. The third-order valence-electron chi connectivity index (χ3n) is 8.40. The summed E-state index contributed by atoms with van der Waals surface area (Å²) in [6, 6.07) is 5.15. The van der Waals surface area contributed by atoms with Crippen molar-refractivity contribution in [2.75, 3.05) is 7.11 Å². The van der Waals surface area contributed by atoms with Crippen molar-refractivity contribution >= 4 is 28.3 Å². The third kappa shape index (κ3) is 5.38. The highest BCUT2D eigenvalue weighted by molar-refractivity contribution is 6.74. The normalized spacial score (nSPS) is 25.2. The monoisotopic (exact) mass is 521 g/mol. The molecule has 0 spiro atoms. The first kappa shape index (κ1) is 27.9. The van der Waals surface area contributed by atoms with Gasteiger partial charge in [-0.15, -0.1) is 0 Å². The molecule has 1 N–H and O–H groups in total. The van der Waals surface area contributed by atoms with Crippen LogP contribution in [0.4, 0.5) is 0 Å². The van der Waals surface area contributed by atoms with Gasteiger partial charge in [0.1, 0.15) is 11.3 Å². The lowest BCUT2D eigenvalue weighted by molar-refractivity contribution is -0.00536. The molecule has 0 bridgehead atoms. The summed E-state index contributed by atoms with van der Waals surface area (Å²) in [6.45, 7) is 22.4. The van der Waals surface area contributed by atoms with Crippen molar-refractivity contribution in [2.24, 2.45) is 11.1 Å². The molecule has 1 fully saturated rings. The van der Waals surface area contributed by atoms with Gasteiger partial charge in [-0.1, -0.05) is 46.7 Å². The fraction of sp³-hybridized carbons (Fsp3) is 0.692. The number of carbonyl (C=O) groups is 1. The van der Waals surface area contributed by atoms with Crippen LogP contribution in [-0.4, -0.2) is 58.8 Å². The van der Waals surface area contributed by atoms with Gasteiger partial charge in [-0.2, -0.15) is 0 Å². The fourth-order valence-corrected chi connectivity index (χ4v) is 6.92. The number of aromatic carboxylic acids is 1. The highest BCUT2D eigenvalue weighted by atomic mass is 28.4. The van der Waals surface area contributed by atoms with Gasteiger partial charge in [0.15, 0.2) is 22.7 Å². The maximum atomic E-state index is 11.9. The first-order valence-corrected chi connectivity index (χ1v) is 18.2. The Bertz CT molecular complexity index is 993. The maximum Gasteiger partial charge on any atom is 0.339 e. The molecule has 0 radical (unpaired) electrons. The van der Waals surface area contributed by atoms with Crippen LogP contribution in [0.25, 0.3) is 0 Å². The van der Waals surface area contributed by atoms with Crippen LogP contribution in [0.2, 0.25) is 36.3 Å². The number of rotatable bonds is 7. The first-order chi connectivity index (χ1) is 15.9. The molecular weight excluding hydrogens is 478 g/mol. The Kier molecular flexibility index (Phi) is 7.43. The van der Waals surface area contributed by atoms with Crippen LogP contribution in [0.5, 0.6) is 5.75 Å². The van der Waals surface area contributed by atoms with Gasteiger partial charge in [0, 0.05) is 12.0 Å². The zero-order chi connectivity index (χ0) is 26.6. The van der Waals surface area contributed by atoms with Gasteiger partial charge >= 0.3 is 5.97 Å². The minimum atomic E-state index is -2.10. The summed E-state index contributed by atoms with van der Waals surface area (Å²) in [7, 11) is -2.69. The van der Waals surface area contributed by atoms with Gasteiger partial charge in [0.2, 0.25) is 0 Å². The molecule has 35 heavy (non-hydrogen) atoms. The van der Waals surface area contributed by atoms with Crippen molar-refractivity contribution < 1.29 is 28.3 Å². The summed E-state index contributed by atoms with van der Waals surface area (Å²) in [4.78, 5) is 17.9. The number of carboxylic acid groups (broad SMARTS) is 1. The Morgan fingerprint density at radius 2 is 1.54 bits per heavy atom. The zero-order valence-corrected chi connectivity index (χ0v) is 25.2. The van der Waals surface area contributed by atoms with Crippen molar-refractivity contribution in [2.45, 2.75) is 103 Å². The van der Waals surface area contributed by atoms with Crippen LogP contribution in [0, 0.1) is 5.92 Å². The molecule has 4 atom stereocenters. The number of benzene rings is 1. The molecule has 0 aromatic heterocycles. The summed E-state index contributed by atoms with van der Waals surface area (Å²) in [5, 5.41) is 14.3. The quantitative estimate of drug-likeness (QED) is 0.424. The van der Waals surface area contributed by atoms with Crippen LogP contribution < -0.4 is 4.74 Å². The van der Waals surface area contributed by atoms with Crippen LogP contribution in [-0.2, 0) is 13.7 Å². The summed E-state index contributed by atoms with van der Waals surface area (Å²) in [6.07, 6.45) is 0.223. The van der Waals surface area contributed by atoms with E-state index in [-0.39, 0.29) is 39.9 Å². The Hall–Kier alpha value is -1.69. The van der Waals surface area contributed by atoms with Crippen molar-refractivity contribution in [3.63, 3.8) is 0 Å². The van der Waals surface area contributed by atoms with E-state index in [1.54, 1.807) is 12.1 Å². The molecule has 3 rings (SSSR count). The molecule has 2 aliphatic rings. The van der Waals surface area contributed by atoms with Gasteiger partial charge in [0.05, 0.1) is 30.9 Å². The topological polar surface area (TPSA) is 86.6 Å². The average Bonchev–Trinajstić information content (AvgIpc) is 3.27. The second-order valence-electron chi connectivity index (χ2n) is 12.9. The number of carboxylic acids is 1. The van der Waals surface area contributed by atoms with Crippen molar-refractivity contribution in [3.05, 3.63) is 29.3 Å². The molecule has 1 aliphatic heterocycles. The van der Waals surface area contributed by atoms with E-state index in [9.17, 15) is 9.90 Å². The molecule has 1 aliphatic carbocycles. The van der Waals surface area contributed by atoms with Gasteiger partial charge in [-0.3, -0.25) is 0 Å². The van der Waals surface area contributed by atoms with E-state index < -0.39 is 22.6 Å². The molecule has 0 saturated heterocycles. The number of ether oxygens (including phenoxy) is 1. The predicted molar refractivity (Wildman–Crippen MR) is 144 cm³/mol. The molecule has 1 aromatic carbocycles. The molecule has 4 unspecified atom stereocenters. The number of oxime groups is 1. The average molecular weight is 522 g/mol. The van der Waals surface area contributed by atoms with Crippen molar-refractivity contribution in [1.29, 1.82) is 0 Å². The number of methoxy groups -OCH3 is 1. The van der Waals surface area contributed by atoms with E-state index in [0.717, 1.165) is 12.1 Å². The summed E-state index contributed by atoms with van der Waals surface area (Å²) in [5.41, 5.74) is 1.54. The standard InChI is InChI=1S/C26H43NO6Si2/c1-25(2,3)34(8,9)32-19-15-20(33-35(10,11)26(4,5)6)23-21(19)22(27-31-23)16-12-13-18(30-7)17(14-16)24(28)29/h12-14,19-21,23H,15H2,1-11H3,(H,28,29). The number of fused-ring (bicyclic) bond motifs is 1. The van der Waals surface area contributed by atoms with Gasteiger partial charge in [0.25, 0.3) is 0 Å². The van der Waals surface area contributed by atoms with Crippen molar-refractivity contribution in [3.8, 4) is 5.75 Å². The minimum absolute atomic E-state index is 0.0498. The SMILES string of the molecule is COc1ccc(C2=NOC3C(O[Si](C)(C)C(C)(C)C)CC(O[Si](C)(C)C(C)(C)C)C23)cc1C(=O)O. The third-order valence-corrected chi connectivity index (χ3v) is 17.4. The highest BCUT2D eigenvalue weighted by Gasteiger charge is 2.56. The largest absolute Gasteiger partial charge is 0.496 e. The van der Waals surface area contributed by atoms with Gasteiger partial charge in [-0.25, -0.2) is 4.79 Å².